The molecule has 108 valence electrons. The van der Waals surface area contributed by atoms with E-state index >= 15 is 0 Å². The van der Waals surface area contributed by atoms with E-state index in [1.807, 2.05) is 30.3 Å². The van der Waals surface area contributed by atoms with E-state index in [-0.39, 0.29) is 11.2 Å². The summed E-state index contributed by atoms with van der Waals surface area (Å²) in [5.74, 6) is -0.200. The molecule has 0 spiro atoms. The molecule has 0 fully saturated rings. The van der Waals surface area contributed by atoms with Crippen molar-refractivity contribution in [1.82, 2.24) is 4.98 Å². The number of halogens is 1. The Hall–Kier alpha value is -1.94. The van der Waals surface area contributed by atoms with Crippen molar-refractivity contribution in [2.45, 2.75) is 19.3 Å². The normalized spacial score (nSPS) is 11.8. The van der Waals surface area contributed by atoms with Gasteiger partial charge in [-0.3, -0.25) is 0 Å². The smallest absolute Gasteiger partial charge is 0.183 e. The second-order valence-corrected chi connectivity index (χ2v) is 6.76. The minimum Gasteiger partial charge on any atom is -0.361 e. The van der Waals surface area contributed by atoms with E-state index in [0.29, 0.717) is 0 Å². The number of para-hydroxylation sites is 1. The lowest BCUT2D eigenvalue weighted by Crippen LogP contribution is -2.27. The molecule has 2 aromatic carbocycles. The molecule has 1 aromatic heterocycles. The second-order valence-electron chi connectivity index (χ2n) is 5.73. The molecular weight excluding hydrogens is 283 g/mol. The molecule has 21 heavy (non-hydrogen) atoms. The van der Waals surface area contributed by atoms with Crippen LogP contribution in [0.1, 0.15) is 19.4 Å². The summed E-state index contributed by atoms with van der Waals surface area (Å²) in [6, 6.07) is 14.8. The maximum Gasteiger partial charge on any atom is 0.183 e. The van der Waals surface area contributed by atoms with E-state index in [2.05, 4.69) is 30.2 Å². The molecule has 1 N–H and O–H groups in total. The van der Waals surface area contributed by atoms with Crippen LogP contribution < -0.4 is 5.32 Å². The average Bonchev–Trinajstić information content (AvgIpc) is 2.89. The van der Waals surface area contributed by atoms with Crippen molar-refractivity contribution in [3.63, 3.8) is 0 Å². The van der Waals surface area contributed by atoms with E-state index in [0.717, 1.165) is 22.8 Å². The summed E-state index contributed by atoms with van der Waals surface area (Å²) < 4.78 is 14.2. The van der Waals surface area contributed by atoms with Crippen molar-refractivity contribution in [2.24, 2.45) is 0 Å². The quantitative estimate of drug-likeness (QED) is 0.747. The van der Waals surface area contributed by atoms with Gasteiger partial charge in [0.1, 0.15) is 5.82 Å². The summed E-state index contributed by atoms with van der Waals surface area (Å²) in [5.41, 5.74) is 2.04. The number of anilines is 1. The molecule has 0 aliphatic rings. The zero-order valence-electron chi connectivity index (χ0n) is 12.1. The predicted molar refractivity (Wildman–Crippen MR) is 87.5 cm³/mol. The first-order valence-corrected chi connectivity index (χ1v) is 7.72. The second kappa shape index (κ2) is 5.45. The van der Waals surface area contributed by atoms with E-state index in [9.17, 15) is 4.39 Å². The van der Waals surface area contributed by atoms with Crippen LogP contribution in [0.25, 0.3) is 10.2 Å². The average molecular weight is 300 g/mol. The molecule has 0 saturated heterocycles. The van der Waals surface area contributed by atoms with E-state index < -0.39 is 0 Å². The van der Waals surface area contributed by atoms with Crippen LogP contribution in [0, 0.1) is 5.82 Å². The third-order valence-corrected chi connectivity index (χ3v) is 4.60. The van der Waals surface area contributed by atoms with Gasteiger partial charge in [0.15, 0.2) is 5.13 Å². The van der Waals surface area contributed by atoms with Gasteiger partial charge in [0, 0.05) is 12.0 Å². The summed E-state index contributed by atoms with van der Waals surface area (Å²) in [6.07, 6.45) is 0. The number of nitrogens with one attached hydrogen (secondary N) is 1. The number of hydrogen-bond donors (Lipinski definition) is 1. The molecule has 0 aliphatic heterocycles. The number of hydrogen-bond acceptors (Lipinski definition) is 3. The van der Waals surface area contributed by atoms with E-state index in [1.165, 1.54) is 16.8 Å². The minimum atomic E-state index is -0.200. The first-order valence-electron chi connectivity index (χ1n) is 6.90. The van der Waals surface area contributed by atoms with Crippen molar-refractivity contribution in [3.8, 4) is 0 Å². The number of fused-ring (bicyclic) bond motifs is 1. The van der Waals surface area contributed by atoms with Gasteiger partial charge in [0.2, 0.25) is 0 Å². The van der Waals surface area contributed by atoms with Crippen LogP contribution >= 0.6 is 11.3 Å². The lowest BCUT2D eigenvalue weighted by molar-refractivity contribution is 0.553. The monoisotopic (exact) mass is 300 g/mol. The molecule has 0 unspecified atom stereocenters. The molecule has 0 atom stereocenters. The summed E-state index contributed by atoms with van der Waals surface area (Å²) in [4.78, 5) is 4.57. The number of thiazole rings is 1. The van der Waals surface area contributed by atoms with Gasteiger partial charge >= 0.3 is 0 Å². The third kappa shape index (κ3) is 3.05. The van der Waals surface area contributed by atoms with Crippen LogP contribution in [0.15, 0.2) is 48.5 Å². The van der Waals surface area contributed by atoms with Gasteiger partial charge < -0.3 is 5.32 Å². The highest BCUT2D eigenvalue weighted by Gasteiger charge is 2.21. The first-order chi connectivity index (χ1) is 10.0. The molecular formula is C17H17FN2S. The Morgan fingerprint density at radius 1 is 1.10 bits per heavy atom. The molecule has 3 aromatic rings. The molecule has 4 heteroatoms. The standard InChI is InChI=1S/C17H17FN2S/c1-17(2,12-7-9-13(18)10-8-12)11-19-16-20-14-5-3-4-6-15(14)21-16/h3-10H,11H2,1-2H3,(H,19,20). The lowest BCUT2D eigenvalue weighted by atomic mass is 9.85. The van der Waals surface area contributed by atoms with Crippen LogP contribution in [0.4, 0.5) is 9.52 Å². The Bertz CT molecular complexity index is 714. The van der Waals surface area contributed by atoms with Crippen LogP contribution in [0.5, 0.6) is 0 Å². The zero-order valence-corrected chi connectivity index (χ0v) is 12.9. The van der Waals surface area contributed by atoms with Gasteiger partial charge in [-0.15, -0.1) is 0 Å². The fraction of sp³-hybridized carbons (Fsp3) is 0.235. The van der Waals surface area contributed by atoms with Gasteiger partial charge in [0.25, 0.3) is 0 Å². The van der Waals surface area contributed by atoms with E-state index in [4.69, 9.17) is 0 Å². The zero-order chi connectivity index (χ0) is 14.9. The van der Waals surface area contributed by atoms with Crippen molar-refractivity contribution in [1.29, 1.82) is 0 Å². The largest absolute Gasteiger partial charge is 0.361 e. The van der Waals surface area contributed by atoms with Gasteiger partial charge in [-0.05, 0) is 29.8 Å². The fourth-order valence-corrected chi connectivity index (χ4v) is 3.11. The van der Waals surface area contributed by atoms with Crippen molar-refractivity contribution in [2.75, 3.05) is 11.9 Å². The Morgan fingerprint density at radius 2 is 1.81 bits per heavy atom. The maximum atomic E-state index is 13.0. The van der Waals surface area contributed by atoms with Gasteiger partial charge in [-0.1, -0.05) is 49.4 Å². The van der Waals surface area contributed by atoms with Crippen molar-refractivity contribution in [3.05, 3.63) is 59.9 Å². The molecule has 3 rings (SSSR count). The number of rotatable bonds is 4. The highest BCUT2D eigenvalue weighted by molar-refractivity contribution is 7.22. The van der Waals surface area contributed by atoms with Crippen molar-refractivity contribution >= 4 is 26.7 Å². The Labute approximate surface area is 127 Å². The molecule has 0 bridgehead atoms. The van der Waals surface area contributed by atoms with Crippen molar-refractivity contribution < 1.29 is 4.39 Å². The number of benzene rings is 2. The predicted octanol–water partition coefficient (Wildman–Crippen LogP) is 4.83. The van der Waals surface area contributed by atoms with Gasteiger partial charge in [0.05, 0.1) is 10.2 Å². The highest BCUT2D eigenvalue weighted by Crippen LogP contribution is 2.28. The molecule has 0 aliphatic carbocycles. The first kappa shape index (κ1) is 14.0. The SMILES string of the molecule is CC(C)(CNc1nc2ccccc2s1)c1ccc(F)cc1. The van der Waals surface area contributed by atoms with Gasteiger partial charge in [-0.25, -0.2) is 9.37 Å². The Morgan fingerprint density at radius 3 is 2.52 bits per heavy atom. The van der Waals surface area contributed by atoms with Crippen LogP contribution in [-0.4, -0.2) is 11.5 Å². The third-order valence-electron chi connectivity index (χ3n) is 3.60. The summed E-state index contributed by atoms with van der Waals surface area (Å²) in [7, 11) is 0. The van der Waals surface area contributed by atoms with E-state index in [1.54, 1.807) is 11.3 Å². The topological polar surface area (TPSA) is 24.9 Å². The number of aromatic nitrogens is 1. The fourth-order valence-electron chi connectivity index (χ4n) is 2.25. The number of nitrogens with zero attached hydrogens (tertiary/aromatic N) is 1. The minimum absolute atomic E-state index is 0.0917. The molecule has 1 heterocycles. The molecule has 0 saturated carbocycles. The summed E-state index contributed by atoms with van der Waals surface area (Å²) in [6.45, 7) is 5.03. The van der Waals surface area contributed by atoms with Gasteiger partial charge in [-0.2, -0.15) is 0 Å². The van der Waals surface area contributed by atoms with Crippen LogP contribution in [0.2, 0.25) is 0 Å². The lowest BCUT2D eigenvalue weighted by Gasteiger charge is -2.25. The summed E-state index contributed by atoms with van der Waals surface area (Å²) in [5, 5.41) is 4.32. The Balaban J connectivity index is 1.75. The molecule has 0 amide bonds. The highest BCUT2D eigenvalue weighted by atomic mass is 32.1. The van der Waals surface area contributed by atoms with Crippen LogP contribution in [0.3, 0.4) is 0 Å². The van der Waals surface area contributed by atoms with Crippen LogP contribution in [-0.2, 0) is 5.41 Å². The molecule has 0 radical (unpaired) electrons. The molecule has 2 nitrogen and oxygen atoms in total. The Kier molecular flexibility index (Phi) is 3.64. The summed E-state index contributed by atoms with van der Waals surface area (Å²) >= 11 is 1.65. The maximum absolute atomic E-state index is 13.0.